The van der Waals surface area contributed by atoms with Crippen LogP contribution < -0.4 is 4.90 Å². The average molecular weight is 235 g/mol. The minimum absolute atomic E-state index is 0.0000491. The van der Waals surface area contributed by atoms with Gasteiger partial charge in [-0.1, -0.05) is 55.1 Å². The van der Waals surface area contributed by atoms with Crippen molar-refractivity contribution in [1.29, 1.82) is 0 Å². The van der Waals surface area contributed by atoms with Gasteiger partial charge in [0.05, 0.1) is 12.2 Å². The molecule has 0 aromatic heterocycles. The molecule has 0 unspecified atom stereocenters. The molecule has 0 bridgehead atoms. The lowest BCUT2D eigenvalue weighted by atomic mass is 10.1. The van der Waals surface area contributed by atoms with Gasteiger partial charge in [-0.2, -0.15) is 0 Å². The molecule has 1 aliphatic rings. The summed E-state index contributed by atoms with van der Waals surface area (Å²) in [5, 5.41) is 0. The lowest BCUT2D eigenvalue weighted by molar-refractivity contribution is -0.113. The first-order valence-electron chi connectivity index (χ1n) is 5.91. The van der Waals surface area contributed by atoms with Crippen LogP contribution in [0.15, 0.2) is 61.2 Å². The number of carbonyl (C=O) groups is 1. The Kier molecular flexibility index (Phi) is 2.49. The zero-order chi connectivity index (χ0) is 12.5. The highest BCUT2D eigenvalue weighted by atomic mass is 16.2. The highest BCUT2D eigenvalue weighted by molar-refractivity contribution is 6.31. The van der Waals surface area contributed by atoms with Gasteiger partial charge in [0.25, 0.3) is 5.91 Å². The molecule has 2 aromatic rings. The molecule has 2 nitrogen and oxygen atoms in total. The number of para-hydroxylation sites is 1. The second-order valence-electron chi connectivity index (χ2n) is 4.37. The van der Waals surface area contributed by atoms with Crippen LogP contribution >= 0.6 is 0 Å². The third kappa shape index (κ3) is 1.63. The molecule has 3 rings (SSSR count). The molecule has 0 atom stereocenters. The van der Waals surface area contributed by atoms with Crippen molar-refractivity contribution in [2.45, 2.75) is 6.54 Å². The summed E-state index contributed by atoms with van der Waals surface area (Å²) in [5.41, 5.74) is 3.60. The van der Waals surface area contributed by atoms with Crippen molar-refractivity contribution in [2.75, 3.05) is 4.90 Å². The molecule has 2 heteroatoms. The molecular formula is C16H13NO. The standard InChI is InChI=1S/C16H13NO/c1-12-14-9-5-6-10-15(14)17(16(12)18)11-13-7-3-2-4-8-13/h2-10H,1,11H2. The van der Waals surface area contributed by atoms with E-state index in [0.717, 1.165) is 16.8 Å². The van der Waals surface area contributed by atoms with Crippen LogP contribution in [0.1, 0.15) is 11.1 Å². The van der Waals surface area contributed by atoms with Crippen molar-refractivity contribution in [3.63, 3.8) is 0 Å². The second kappa shape index (κ2) is 4.15. The van der Waals surface area contributed by atoms with Gasteiger partial charge in [-0.05, 0) is 11.6 Å². The van der Waals surface area contributed by atoms with E-state index in [1.54, 1.807) is 4.90 Å². The van der Waals surface area contributed by atoms with Crippen LogP contribution in [0.25, 0.3) is 5.57 Å². The number of anilines is 1. The zero-order valence-electron chi connectivity index (χ0n) is 9.97. The zero-order valence-corrected chi connectivity index (χ0v) is 9.97. The number of rotatable bonds is 2. The fourth-order valence-corrected chi connectivity index (χ4v) is 2.27. The van der Waals surface area contributed by atoms with E-state index in [2.05, 4.69) is 6.58 Å². The van der Waals surface area contributed by atoms with Gasteiger partial charge in [-0.3, -0.25) is 4.79 Å². The van der Waals surface area contributed by atoms with E-state index in [1.165, 1.54) is 0 Å². The Balaban J connectivity index is 1.99. The summed E-state index contributed by atoms with van der Waals surface area (Å²) >= 11 is 0. The van der Waals surface area contributed by atoms with Crippen LogP contribution in [0.4, 0.5) is 5.69 Å². The Hall–Kier alpha value is -2.35. The number of fused-ring (bicyclic) bond motifs is 1. The molecule has 2 aromatic carbocycles. The molecule has 18 heavy (non-hydrogen) atoms. The SMILES string of the molecule is C=C1C(=O)N(Cc2ccccc2)c2ccccc21. The normalized spacial score (nSPS) is 13.9. The summed E-state index contributed by atoms with van der Waals surface area (Å²) in [6.07, 6.45) is 0. The molecule has 0 fully saturated rings. The van der Waals surface area contributed by atoms with Crippen LogP contribution in [0.5, 0.6) is 0 Å². The Labute approximate surface area is 106 Å². The topological polar surface area (TPSA) is 20.3 Å². The van der Waals surface area contributed by atoms with Gasteiger partial charge >= 0.3 is 0 Å². The van der Waals surface area contributed by atoms with E-state index in [0.29, 0.717) is 12.1 Å². The maximum Gasteiger partial charge on any atom is 0.258 e. The summed E-state index contributed by atoms with van der Waals surface area (Å²) < 4.78 is 0. The first-order chi connectivity index (χ1) is 8.77. The molecule has 1 heterocycles. The van der Waals surface area contributed by atoms with Crippen molar-refractivity contribution in [2.24, 2.45) is 0 Å². The number of carbonyl (C=O) groups excluding carboxylic acids is 1. The van der Waals surface area contributed by atoms with Gasteiger partial charge in [-0.15, -0.1) is 0 Å². The monoisotopic (exact) mass is 235 g/mol. The largest absolute Gasteiger partial charge is 0.303 e. The smallest absolute Gasteiger partial charge is 0.258 e. The Morgan fingerprint density at radius 2 is 1.61 bits per heavy atom. The quantitative estimate of drug-likeness (QED) is 0.732. The summed E-state index contributed by atoms with van der Waals surface area (Å²) in [5.74, 6) is 0.0000491. The van der Waals surface area contributed by atoms with Crippen LogP contribution in [0.3, 0.4) is 0 Å². The number of hydrogen-bond donors (Lipinski definition) is 0. The van der Waals surface area contributed by atoms with Crippen LogP contribution in [0.2, 0.25) is 0 Å². The van der Waals surface area contributed by atoms with E-state index in [-0.39, 0.29) is 5.91 Å². The molecule has 0 saturated carbocycles. The van der Waals surface area contributed by atoms with Crippen molar-refractivity contribution in [1.82, 2.24) is 0 Å². The predicted molar refractivity (Wildman–Crippen MR) is 73.1 cm³/mol. The minimum atomic E-state index is 0.0000491. The minimum Gasteiger partial charge on any atom is -0.303 e. The Morgan fingerprint density at radius 3 is 2.39 bits per heavy atom. The van der Waals surface area contributed by atoms with Crippen LogP contribution in [-0.2, 0) is 11.3 Å². The lowest BCUT2D eigenvalue weighted by Crippen LogP contribution is -2.25. The van der Waals surface area contributed by atoms with E-state index in [4.69, 9.17) is 0 Å². The van der Waals surface area contributed by atoms with Gasteiger partial charge in [0.15, 0.2) is 0 Å². The number of hydrogen-bond acceptors (Lipinski definition) is 1. The fraction of sp³-hybridized carbons (Fsp3) is 0.0625. The van der Waals surface area contributed by atoms with Crippen molar-refractivity contribution < 1.29 is 4.79 Å². The van der Waals surface area contributed by atoms with Crippen LogP contribution in [0, 0.1) is 0 Å². The summed E-state index contributed by atoms with van der Waals surface area (Å²) in [7, 11) is 0. The van der Waals surface area contributed by atoms with Gasteiger partial charge in [0, 0.05) is 11.1 Å². The van der Waals surface area contributed by atoms with E-state index < -0.39 is 0 Å². The van der Waals surface area contributed by atoms with Gasteiger partial charge in [0.1, 0.15) is 0 Å². The molecule has 0 spiro atoms. The second-order valence-corrected chi connectivity index (χ2v) is 4.37. The molecule has 0 saturated heterocycles. The first-order valence-corrected chi connectivity index (χ1v) is 5.91. The average Bonchev–Trinajstić information content (AvgIpc) is 2.66. The fourth-order valence-electron chi connectivity index (χ4n) is 2.27. The molecular weight excluding hydrogens is 222 g/mol. The van der Waals surface area contributed by atoms with Crippen molar-refractivity contribution >= 4 is 17.2 Å². The highest BCUT2D eigenvalue weighted by Gasteiger charge is 2.30. The number of amides is 1. The third-order valence-corrected chi connectivity index (χ3v) is 3.21. The Morgan fingerprint density at radius 1 is 0.944 bits per heavy atom. The maximum atomic E-state index is 12.2. The highest BCUT2D eigenvalue weighted by Crippen LogP contribution is 2.36. The number of benzene rings is 2. The van der Waals surface area contributed by atoms with Gasteiger partial charge in [0.2, 0.25) is 0 Å². The Bertz CT molecular complexity index is 616. The molecule has 1 amide bonds. The van der Waals surface area contributed by atoms with Crippen molar-refractivity contribution in [3.8, 4) is 0 Å². The molecule has 0 aliphatic carbocycles. The molecule has 88 valence electrons. The summed E-state index contributed by atoms with van der Waals surface area (Å²) in [6.45, 7) is 4.47. The van der Waals surface area contributed by atoms with Crippen molar-refractivity contribution in [3.05, 3.63) is 72.3 Å². The predicted octanol–water partition coefficient (Wildman–Crippen LogP) is 3.25. The lowest BCUT2D eigenvalue weighted by Gasteiger charge is -2.17. The van der Waals surface area contributed by atoms with Crippen LogP contribution in [-0.4, -0.2) is 5.91 Å². The van der Waals surface area contributed by atoms with Gasteiger partial charge < -0.3 is 4.90 Å². The third-order valence-electron chi connectivity index (χ3n) is 3.21. The van der Waals surface area contributed by atoms with E-state index in [9.17, 15) is 4.79 Å². The molecule has 0 radical (unpaired) electrons. The maximum absolute atomic E-state index is 12.2. The molecule has 1 aliphatic heterocycles. The summed E-state index contributed by atoms with van der Waals surface area (Å²) in [4.78, 5) is 14.0. The van der Waals surface area contributed by atoms with E-state index >= 15 is 0 Å². The van der Waals surface area contributed by atoms with Gasteiger partial charge in [-0.25, -0.2) is 0 Å². The molecule has 0 N–H and O–H groups in total. The summed E-state index contributed by atoms with van der Waals surface area (Å²) in [6, 6.07) is 17.8. The number of nitrogens with zero attached hydrogens (tertiary/aromatic N) is 1. The van der Waals surface area contributed by atoms with E-state index in [1.807, 2.05) is 54.6 Å². The first kappa shape index (κ1) is 10.8.